The lowest BCUT2D eigenvalue weighted by Crippen LogP contribution is -2.25. The molecule has 0 heterocycles. The number of carbonyl (C=O) groups is 1. The smallest absolute Gasteiger partial charge is 0.227 e. The number of amides is 1. The molecule has 0 radical (unpaired) electrons. The maximum absolute atomic E-state index is 12.4. The fourth-order valence-corrected chi connectivity index (χ4v) is 2.78. The van der Waals surface area contributed by atoms with Crippen molar-refractivity contribution in [2.75, 3.05) is 11.9 Å². The van der Waals surface area contributed by atoms with E-state index in [-0.39, 0.29) is 11.8 Å². The molecule has 0 spiro atoms. The minimum Gasteiger partial charge on any atom is -0.325 e. The fourth-order valence-electron chi connectivity index (χ4n) is 2.78. The second-order valence-electron chi connectivity index (χ2n) is 5.56. The summed E-state index contributed by atoms with van der Waals surface area (Å²) in [6.45, 7) is 4.48. The van der Waals surface area contributed by atoms with Crippen LogP contribution in [0.4, 0.5) is 5.69 Å². The summed E-state index contributed by atoms with van der Waals surface area (Å²) in [7, 11) is 0. The van der Waals surface area contributed by atoms with Gasteiger partial charge >= 0.3 is 0 Å². The number of nitrogens with one attached hydrogen (secondary N) is 1. The van der Waals surface area contributed by atoms with E-state index < -0.39 is 0 Å². The first-order chi connectivity index (χ1) is 9.61. The van der Waals surface area contributed by atoms with Gasteiger partial charge in [0.25, 0.3) is 0 Å². The monoisotopic (exact) mass is 270 g/mol. The molecule has 3 nitrogen and oxygen atoms in total. The van der Waals surface area contributed by atoms with Gasteiger partial charge in [-0.2, -0.15) is 0 Å². The van der Waals surface area contributed by atoms with E-state index in [0.29, 0.717) is 12.5 Å². The van der Waals surface area contributed by atoms with Gasteiger partial charge in [0.05, 0.1) is 12.2 Å². The van der Waals surface area contributed by atoms with Crippen LogP contribution in [0.25, 0.3) is 0 Å². The van der Waals surface area contributed by atoms with Crippen molar-refractivity contribution in [2.45, 2.75) is 33.1 Å². The zero-order valence-corrected chi connectivity index (χ0v) is 12.2. The van der Waals surface area contributed by atoms with Crippen LogP contribution in [0.2, 0.25) is 0 Å². The normalized spacial score (nSPS) is 21.1. The lowest BCUT2D eigenvalue weighted by Gasteiger charge is -2.16. The number of carbonyl (C=O) groups excluding carboxylic acids is 1. The van der Waals surface area contributed by atoms with Crippen LogP contribution in [0.15, 0.2) is 18.2 Å². The molecular weight excluding hydrogens is 248 g/mol. The molecule has 1 saturated carbocycles. The van der Waals surface area contributed by atoms with Crippen molar-refractivity contribution >= 4 is 11.6 Å². The van der Waals surface area contributed by atoms with Crippen LogP contribution in [0.3, 0.4) is 0 Å². The van der Waals surface area contributed by atoms with Crippen LogP contribution in [-0.2, 0) is 4.79 Å². The van der Waals surface area contributed by atoms with E-state index in [4.69, 9.17) is 5.73 Å². The van der Waals surface area contributed by atoms with Crippen LogP contribution in [0, 0.1) is 30.6 Å². The summed E-state index contributed by atoms with van der Waals surface area (Å²) >= 11 is 0. The molecule has 2 rings (SSSR count). The molecule has 3 heteroatoms. The first kappa shape index (κ1) is 14.6. The Morgan fingerprint density at radius 3 is 2.90 bits per heavy atom. The second kappa shape index (κ2) is 6.58. The number of hydrogen-bond donors (Lipinski definition) is 2. The molecule has 1 fully saturated rings. The SMILES string of the molecule is Cc1ccc(C#CCN)c(NC(=O)C2CCCC2C)c1. The van der Waals surface area contributed by atoms with Gasteiger partial charge < -0.3 is 11.1 Å². The van der Waals surface area contributed by atoms with E-state index in [1.54, 1.807) is 0 Å². The first-order valence-electron chi connectivity index (χ1n) is 7.22. The summed E-state index contributed by atoms with van der Waals surface area (Å²) in [6, 6.07) is 5.90. The molecule has 1 amide bonds. The zero-order chi connectivity index (χ0) is 14.5. The highest BCUT2D eigenvalue weighted by Gasteiger charge is 2.29. The lowest BCUT2D eigenvalue weighted by molar-refractivity contribution is -0.120. The molecule has 0 aliphatic heterocycles. The average Bonchev–Trinajstić information content (AvgIpc) is 2.84. The molecular formula is C17H22N2O. The number of hydrogen-bond acceptors (Lipinski definition) is 2. The van der Waals surface area contributed by atoms with Gasteiger partial charge in [-0.15, -0.1) is 0 Å². The Hall–Kier alpha value is -1.79. The predicted molar refractivity (Wildman–Crippen MR) is 82.2 cm³/mol. The Kier molecular flexibility index (Phi) is 4.81. The average molecular weight is 270 g/mol. The molecule has 1 aromatic carbocycles. The van der Waals surface area contributed by atoms with Crippen molar-refractivity contribution < 1.29 is 4.79 Å². The number of nitrogens with two attached hydrogens (primary N) is 1. The summed E-state index contributed by atoms with van der Waals surface area (Å²) in [4.78, 5) is 12.4. The third-order valence-corrected chi connectivity index (χ3v) is 3.96. The van der Waals surface area contributed by atoms with Gasteiger partial charge in [-0.05, 0) is 43.4 Å². The highest BCUT2D eigenvalue weighted by Crippen LogP contribution is 2.32. The van der Waals surface area contributed by atoms with E-state index in [9.17, 15) is 4.79 Å². The maximum atomic E-state index is 12.4. The Morgan fingerprint density at radius 2 is 2.25 bits per heavy atom. The summed E-state index contributed by atoms with van der Waals surface area (Å²) in [5, 5.41) is 3.05. The molecule has 20 heavy (non-hydrogen) atoms. The molecule has 106 valence electrons. The van der Waals surface area contributed by atoms with Crippen LogP contribution in [0.1, 0.15) is 37.3 Å². The quantitative estimate of drug-likeness (QED) is 0.812. The van der Waals surface area contributed by atoms with Crippen molar-refractivity contribution in [1.82, 2.24) is 0 Å². The number of aryl methyl sites for hydroxylation is 1. The summed E-state index contributed by atoms with van der Waals surface area (Å²) in [6.07, 6.45) is 3.28. The standard InChI is InChI=1S/C17H22N2O/c1-12-8-9-14(6-4-10-18)16(11-12)19-17(20)15-7-3-5-13(15)2/h8-9,11,13,15H,3,5,7,10,18H2,1-2H3,(H,19,20). The highest BCUT2D eigenvalue weighted by molar-refractivity contribution is 5.94. The second-order valence-corrected chi connectivity index (χ2v) is 5.56. The molecule has 3 N–H and O–H groups in total. The third kappa shape index (κ3) is 3.40. The summed E-state index contributed by atoms with van der Waals surface area (Å²) < 4.78 is 0. The van der Waals surface area contributed by atoms with Crippen molar-refractivity contribution in [1.29, 1.82) is 0 Å². The minimum absolute atomic E-state index is 0.122. The zero-order valence-electron chi connectivity index (χ0n) is 12.2. The molecule has 0 bridgehead atoms. The van der Waals surface area contributed by atoms with Crippen molar-refractivity contribution in [3.63, 3.8) is 0 Å². The van der Waals surface area contributed by atoms with Gasteiger partial charge in [0.15, 0.2) is 0 Å². The van der Waals surface area contributed by atoms with Gasteiger partial charge in [-0.1, -0.05) is 31.3 Å². The van der Waals surface area contributed by atoms with Crippen molar-refractivity contribution in [3.05, 3.63) is 29.3 Å². The predicted octanol–water partition coefficient (Wildman–Crippen LogP) is 2.68. The Balaban J connectivity index is 2.19. The first-order valence-corrected chi connectivity index (χ1v) is 7.22. The van der Waals surface area contributed by atoms with Gasteiger partial charge in [-0.25, -0.2) is 0 Å². The highest BCUT2D eigenvalue weighted by atomic mass is 16.1. The maximum Gasteiger partial charge on any atom is 0.227 e. The number of anilines is 1. The minimum atomic E-state index is 0.122. The Morgan fingerprint density at radius 1 is 1.45 bits per heavy atom. The molecule has 0 saturated heterocycles. The van der Waals surface area contributed by atoms with E-state index in [2.05, 4.69) is 24.1 Å². The van der Waals surface area contributed by atoms with Gasteiger partial charge in [0.1, 0.15) is 0 Å². The van der Waals surface area contributed by atoms with Crippen LogP contribution < -0.4 is 11.1 Å². The van der Waals surface area contributed by atoms with Crippen molar-refractivity contribution in [3.8, 4) is 11.8 Å². The Bertz CT molecular complexity index is 554. The molecule has 1 aromatic rings. The molecule has 2 atom stereocenters. The van der Waals surface area contributed by atoms with Crippen LogP contribution in [0.5, 0.6) is 0 Å². The van der Waals surface area contributed by atoms with E-state index in [1.165, 1.54) is 0 Å². The molecule has 0 aromatic heterocycles. The van der Waals surface area contributed by atoms with Crippen molar-refractivity contribution in [2.24, 2.45) is 17.6 Å². The van der Waals surface area contributed by atoms with E-state index in [0.717, 1.165) is 36.1 Å². The van der Waals surface area contributed by atoms with Crippen LogP contribution >= 0.6 is 0 Å². The summed E-state index contributed by atoms with van der Waals surface area (Å²) in [5.74, 6) is 6.58. The Labute approximate surface area is 120 Å². The lowest BCUT2D eigenvalue weighted by atomic mass is 9.97. The molecule has 2 unspecified atom stereocenters. The van der Waals surface area contributed by atoms with Gasteiger partial charge in [0.2, 0.25) is 5.91 Å². The van der Waals surface area contributed by atoms with E-state index >= 15 is 0 Å². The molecule has 1 aliphatic carbocycles. The number of rotatable bonds is 2. The fraction of sp³-hybridized carbons (Fsp3) is 0.471. The van der Waals surface area contributed by atoms with E-state index in [1.807, 2.05) is 25.1 Å². The largest absolute Gasteiger partial charge is 0.325 e. The van der Waals surface area contributed by atoms with Gasteiger partial charge in [-0.3, -0.25) is 4.79 Å². The topological polar surface area (TPSA) is 55.1 Å². The van der Waals surface area contributed by atoms with Gasteiger partial charge in [0, 0.05) is 11.5 Å². The summed E-state index contributed by atoms with van der Waals surface area (Å²) in [5.41, 5.74) is 8.16. The molecule has 1 aliphatic rings. The third-order valence-electron chi connectivity index (χ3n) is 3.96. The van der Waals surface area contributed by atoms with Crippen LogP contribution in [-0.4, -0.2) is 12.5 Å². The number of benzene rings is 1.